The van der Waals surface area contributed by atoms with Crippen LogP contribution in [0.4, 0.5) is 0 Å². The number of rotatable bonds is 6. The van der Waals surface area contributed by atoms with Crippen LogP contribution in [0.1, 0.15) is 84.4 Å². The number of imidazole rings is 1. The molecule has 8 aromatic rings. The molecule has 0 saturated heterocycles. The van der Waals surface area contributed by atoms with Gasteiger partial charge in [0.05, 0.1) is 33.3 Å². The van der Waals surface area contributed by atoms with Crippen molar-refractivity contribution in [3.63, 3.8) is 0 Å². The zero-order valence-electron chi connectivity index (χ0n) is 44.7. The molecule has 58 heavy (non-hydrogen) atoms. The molecule has 0 spiro atoms. The first-order chi connectivity index (χ1) is 31.7. The van der Waals surface area contributed by atoms with E-state index in [-0.39, 0.29) is 60.2 Å². The standard InChI is InChI=1S/C53H50N3O.Pt/c1-33-18-23-47(44(27-33)37-19-21-41(22-20-37)52(4,5)6)56-48-17-13-16-43(49(48)55-51(56)45-28-34(2)26-35(3)50(45)57)39-29-40(31-42(30-39)53(7,8)9)46-32-38(24-25-54-46)36-14-11-10-12-15-36;/h10-28,30-32,57H,1-9H3;/q-1;/i1D3,10D,11D,12D,14D,15D,24D,25D,32D;. The predicted molar refractivity (Wildman–Crippen MR) is 238 cm³/mol. The first-order valence-corrected chi connectivity index (χ1v) is 18.9. The summed E-state index contributed by atoms with van der Waals surface area (Å²) in [5, 5.41) is 11.8. The largest absolute Gasteiger partial charge is 0.507 e. The van der Waals surface area contributed by atoms with Crippen LogP contribution in [0.15, 0.2) is 133 Å². The van der Waals surface area contributed by atoms with Gasteiger partial charge >= 0.3 is 0 Å². The molecule has 0 bridgehead atoms. The maximum atomic E-state index is 11.8. The Bertz CT molecular complexity index is 3340. The molecule has 0 saturated carbocycles. The van der Waals surface area contributed by atoms with Gasteiger partial charge in [-0.3, -0.25) is 9.55 Å². The second-order valence-electron chi connectivity index (χ2n) is 16.6. The fraction of sp³-hybridized carbons (Fsp3) is 0.208. The van der Waals surface area contributed by atoms with E-state index in [1.165, 1.54) is 0 Å². The number of hydrogen-bond donors (Lipinski definition) is 1. The molecule has 4 nitrogen and oxygen atoms in total. The van der Waals surface area contributed by atoms with Gasteiger partial charge in [0, 0.05) is 42.6 Å². The van der Waals surface area contributed by atoms with Crippen molar-refractivity contribution < 1.29 is 41.3 Å². The Morgan fingerprint density at radius 3 is 2.10 bits per heavy atom. The Kier molecular flexibility index (Phi) is 7.76. The zero-order valence-corrected chi connectivity index (χ0v) is 36.0. The van der Waals surface area contributed by atoms with E-state index in [4.69, 9.17) is 18.7 Å². The molecule has 0 unspecified atom stereocenters. The molecule has 0 fully saturated rings. The van der Waals surface area contributed by atoms with Crippen LogP contribution >= 0.6 is 0 Å². The van der Waals surface area contributed by atoms with Gasteiger partial charge in [0.2, 0.25) is 0 Å². The molecule has 0 atom stereocenters. The number of phenols is 1. The number of pyridine rings is 1. The molecular formula is C53H50N3OPt-. The van der Waals surface area contributed by atoms with Crippen molar-refractivity contribution in [3.8, 4) is 67.5 Å². The first kappa shape index (κ1) is 28.8. The van der Waals surface area contributed by atoms with Crippen molar-refractivity contribution in [2.24, 2.45) is 0 Å². The summed E-state index contributed by atoms with van der Waals surface area (Å²) >= 11 is 0. The average Bonchev–Trinajstić information content (AvgIpc) is 3.66. The summed E-state index contributed by atoms with van der Waals surface area (Å²) < 4.78 is 96.2. The van der Waals surface area contributed by atoms with E-state index < -0.39 is 60.7 Å². The van der Waals surface area contributed by atoms with E-state index in [2.05, 4.69) is 31.8 Å². The van der Waals surface area contributed by atoms with Gasteiger partial charge in [-0.15, -0.1) is 29.3 Å². The fourth-order valence-corrected chi connectivity index (χ4v) is 7.20. The minimum atomic E-state index is -2.41. The topological polar surface area (TPSA) is 50.9 Å². The van der Waals surface area contributed by atoms with E-state index in [1.807, 2.05) is 99.8 Å². The van der Waals surface area contributed by atoms with Gasteiger partial charge in [-0.2, -0.15) is 0 Å². The van der Waals surface area contributed by atoms with Crippen LogP contribution in [-0.2, 0) is 31.9 Å². The zero-order chi connectivity index (χ0) is 49.7. The molecular weight excluding hydrogens is 890 g/mol. The normalized spacial score (nSPS) is 14.7. The van der Waals surface area contributed by atoms with Gasteiger partial charge in [-0.1, -0.05) is 143 Å². The van der Waals surface area contributed by atoms with Gasteiger partial charge < -0.3 is 5.11 Å². The Balaban J connectivity index is 0.00000703. The number of phenolic OH excluding ortho intramolecular Hbond substituents is 1. The first-order valence-electron chi connectivity index (χ1n) is 24.4. The molecule has 0 aliphatic heterocycles. The van der Waals surface area contributed by atoms with Crippen LogP contribution in [0.5, 0.6) is 5.75 Å². The third-order valence-electron chi connectivity index (χ3n) is 10.3. The number of aromatic nitrogens is 3. The van der Waals surface area contributed by atoms with E-state index in [1.54, 1.807) is 24.3 Å². The van der Waals surface area contributed by atoms with Crippen LogP contribution < -0.4 is 0 Å². The number of aryl methyl sites for hydroxylation is 3. The quantitative estimate of drug-likeness (QED) is 0.169. The average molecular weight is 951 g/mol. The Morgan fingerprint density at radius 1 is 0.690 bits per heavy atom. The third-order valence-corrected chi connectivity index (χ3v) is 10.3. The fourth-order valence-electron chi connectivity index (χ4n) is 7.20. The number of benzene rings is 6. The van der Waals surface area contributed by atoms with E-state index in [9.17, 15) is 6.48 Å². The predicted octanol–water partition coefficient (Wildman–Crippen LogP) is 13.8. The van der Waals surface area contributed by atoms with Crippen LogP contribution in [-0.4, -0.2) is 19.6 Å². The Hall–Kier alpha value is -5.57. The number of nitrogens with zero attached hydrogens (tertiary/aromatic N) is 3. The number of aromatic hydroxyl groups is 1. The Labute approximate surface area is 373 Å². The SMILES string of the molecule is [2H]c1nc(-c2[c-]c(-c3cccc4c3nc(-c3cc(C)cc(C)c3O)n4-c3ccc(C([2H])([2H])[2H])cc3-c3ccc(C(C)(C)C)cc3)cc(C(C)(C)C)c2)c([2H])c(-c2c([2H])c([2H])c([2H])c([2H])c2[2H])c1[2H].[Pt]. The minimum Gasteiger partial charge on any atom is -0.507 e. The summed E-state index contributed by atoms with van der Waals surface area (Å²) in [5.74, 6) is 0.418. The van der Waals surface area contributed by atoms with Gasteiger partial charge in [-0.25, -0.2) is 4.98 Å². The molecule has 1 N–H and O–H groups in total. The number of fused-ring (bicyclic) bond motifs is 1. The van der Waals surface area contributed by atoms with Crippen molar-refractivity contribution in [2.45, 2.75) is 73.1 Å². The molecule has 0 amide bonds. The van der Waals surface area contributed by atoms with Gasteiger partial charge in [0.15, 0.2) is 0 Å². The van der Waals surface area contributed by atoms with Crippen molar-refractivity contribution in [1.29, 1.82) is 0 Å². The second-order valence-corrected chi connectivity index (χ2v) is 16.6. The molecule has 0 aliphatic carbocycles. The van der Waals surface area contributed by atoms with Crippen LogP contribution in [0, 0.1) is 26.8 Å². The monoisotopic (exact) mass is 950 g/mol. The van der Waals surface area contributed by atoms with Crippen molar-refractivity contribution in [3.05, 3.63) is 167 Å². The maximum absolute atomic E-state index is 11.8. The minimum absolute atomic E-state index is 0. The summed E-state index contributed by atoms with van der Waals surface area (Å²) in [6.07, 6.45) is -0.555. The van der Waals surface area contributed by atoms with Crippen molar-refractivity contribution in [1.82, 2.24) is 14.5 Å². The number of hydrogen-bond acceptors (Lipinski definition) is 3. The van der Waals surface area contributed by atoms with E-state index in [0.29, 0.717) is 50.4 Å². The van der Waals surface area contributed by atoms with Crippen LogP contribution in [0.3, 0.4) is 0 Å². The molecule has 5 heteroatoms. The van der Waals surface area contributed by atoms with Gasteiger partial charge in [-0.05, 0) is 95.2 Å². The summed E-state index contributed by atoms with van der Waals surface area (Å²) in [7, 11) is 0. The Morgan fingerprint density at radius 2 is 1.40 bits per heavy atom. The molecule has 0 aliphatic rings. The number of para-hydroxylation sites is 1. The van der Waals surface area contributed by atoms with Crippen molar-refractivity contribution >= 4 is 11.0 Å². The molecule has 2 aromatic heterocycles. The van der Waals surface area contributed by atoms with Crippen molar-refractivity contribution in [2.75, 3.05) is 0 Å². The molecule has 2 heterocycles. The van der Waals surface area contributed by atoms with Gasteiger partial charge in [0.25, 0.3) is 0 Å². The second kappa shape index (κ2) is 15.6. The molecule has 0 radical (unpaired) electrons. The van der Waals surface area contributed by atoms with Gasteiger partial charge in [0.1, 0.15) is 11.6 Å². The summed E-state index contributed by atoms with van der Waals surface area (Å²) in [6, 6.07) is 25.7. The molecule has 294 valence electrons. The summed E-state index contributed by atoms with van der Waals surface area (Å²) in [6.45, 7) is 13.8. The third kappa shape index (κ3) is 7.83. The smallest absolute Gasteiger partial charge is 0.148 e. The summed E-state index contributed by atoms with van der Waals surface area (Å²) in [5.41, 5.74) is 7.18. The maximum Gasteiger partial charge on any atom is 0.148 e. The van der Waals surface area contributed by atoms with E-state index in [0.717, 1.165) is 22.3 Å². The van der Waals surface area contributed by atoms with Crippen LogP contribution in [0.25, 0.3) is 72.7 Å². The summed E-state index contributed by atoms with van der Waals surface area (Å²) in [4.78, 5) is 9.73. The van der Waals surface area contributed by atoms with E-state index >= 15 is 0 Å². The molecule has 6 aromatic carbocycles. The van der Waals surface area contributed by atoms with Crippen LogP contribution in [0.2, 0.25) is 0 Å². The molecule has 8 rings (SSSR count).